The highest BCUT2D eigenvalue weighted by Crippen LogP contribution is 2.24. The predicted molar refractivity (Wildman–Crippen MR) is 96.7 cm³/mol. The molecule has 2 amide bonds. The summed E-state index contributed by atoms with van der Waals surface area (Å²) in [4.78, 5) is 28.2. The Kier molecular flexibility index (Phi) is 6.05. The van der Waals surface area contributed by atoms with Gasteiger partial charge in [-0.3, -0.25) is 9.59 Å². The molecule has 128 valence electrons. The molecule has 0 radical (unpaired) electrons. The van der Waals surface area contributed by atoms with Gasteiger partial charge in [0.2, 0.25) is 11.8 Å². The summed E-state index contributed by atoms with van der Waals surface area (Å²) in [5.41, 5.74) is 8.21. The van der Waals surface area contributed by atoms with Crippen molar-refractivity contribution in [3.05, 3.63) is 34.7 Å². The van der Waals surface area contributed by atoms with Crippen molar-refractivity contribution in [2.45, 2.75) is 26.8 Å². The Morgan fingerprint density at radius 1 is 1.33 bits per heavy atom. The number of aromatic nitrogens is 1. The maximum absolute atomic E-state index is 12.0. The van der Waals surface area contributed by atoms with Crippen LogP contribution in [0.25, 0.3) is 11.3 Å². The Morgan fingerprint density at radius 3 is 2.71 bits per heavy atom. The average Bonchev–Trinajstić information content (AvgIpc) is 2.98. The van der Waals surface area contributed by atoms with E-state index in [0.717, 1.165) is 16.3 Å². The normalized spacial score (nSPS) is 12.0. The van der Waals surface area contributed by atoms with Gasteiger partial charge in [-0.15, -0.1) is 11.3 Å². The molecular formula is C17H22N4O2S. The number of nitrogens with one attached hydrogen (secondary N) is 2. The van der Waals surface area contributed by atoms with E-state index in [0.29, 0.717) is 5.69 Å². The van der Waals surface area contributed by atoms with E-state index in [1.165, 1.54) is 0 Å². The zero-order valence-corrected chi connectivity index (χ0v) is 14.8. The van der Waals surface area contributed by atoms with Gasteiger partial charge in [-0.1, -0.05) is 26.0 Å². The van der Waals surface area contributed by atoms with Crippen molar-refractivity contribution in [2.24, 2.45) is 11.7 Å². The molecule has 0 saturated carbocycles. The van der Waals surface area contributed by atoms with Crippen LogP contribution in [0.2, 0.25) is 0 Å². The molecular weight excluding hydrogens is 324 g/mol. The van der Waals surface area contributed by atoms with E-state index < -0.39 is 6.04 Å². The first kappa shape index (κ1) is 18.1. The number of carbonyl (C=O) groups excluding carboxylic acids is 2. The second-order valence-corrected chi connectivity index (χ2v) is 6.93. The Labute approximate surface area is 145 Å². The van der Waals surface area contributed by atoms with Crippen LogP contribution in [-0.4, -0.2) is 29.4 Å². The minimum absolute atomic E-state index is 0.0197. The fourth-order valence-electron chi connectivity index (χ4n) is 2.05. The van der Waals surface area contributed by atoms with E-state index in [1.54, 1.807) is 17.4 Å². The molecule has 24 heavy (non-hydrogen) atoms. The summed E-state index contributed by atoms with van der Waals surface area (Å²) in [7, 11) is 0. The van der Waals surface area contributed by atoms with Crippen LogP contribution in [0, 0.1) is 12.8 Å². The number of amides is 2. The molecule has 2 aromatic rings. The van der Waals surface area contributed by atoms with Crippen LogP contribution in [0.4, 0.5) is 5.69 Å². The van der Waals surface area contributed by atoms with Crippen molar-refractivity contribution in [1.82, 2.24) is 10.3 Å². The first-order chi connectivity index (χ1) is 11.4. The quantitative estimate of drug-likeness (QED) is 0.746. The Morgan fingerprint density at radius 2 is 2.08 bits per heavy atom. The van der Waals surface area contributed by atoms with Gasteiger partial charge in [0.25, 0.3) is 0 Å². The Bertz CT molecular complexity index is 727. The summed E-state index contributed by atoms with van der Waals surface area (Å²) in [5, 5.41) is 8.28. The van der Waals surface area contributed by atoms with Gasteiger partial charge in [-0.25, -0.2) is 4.98 Å². The van der Waals surface area contributed by atoms with Crippen LogP contribution in [0.1, 0.15) is 18.9 Å². The molecule has 1 heterocycles. The molecule has 4 N–H and O–H groups in total. The highest BCUT2D eigenvalue weighted by molar-refractivity contribution is 7.09. The summed E-state index contributed by atoms with van der Waals surface area (Å²) in [6.07, 6.45) is 0. The van der Waals surface area contributed by atoms with Crippen LogP contribution >= 0.6 is 11.3 Å². The molecule has 0 saturated heterocycles. The molecule has 6 nitrogen and oxygen atoms in total. The van der Waals surface area contributed by atoms with E-state index in [2.05, 4.69) is 15.6 Å². The molecule has 2 rings (SSSR count). The average molecular weight is 346 g/mol. The van der Waals surface area contributed by atoms with Gasteiger partial charge in [-0.05, 0) is 25.0 Å². The molecule has 0 aliphatic carbocycles. The van der Waals surface area contributed by atoms with E-state index in [9.17, 15) is 9.59 Å². The molecule has 1 atom stereocenters. The van der Waals surface area contributed by atoms with Gasteiger partial charge in [0.05, 0.1) is 23.3 Å². The van der Waals surface area contributed by atoms with Crippen molar-refractivity contribution in [2.75, 3.05) is 11.9 Å². The highest BCUT2D eigenvalue weighted by Gasteiger charge is 2.17. The maximum Gasteiger partial charge on any atom is 0.243 e. The third-order valence-electron chi connectivity index (χ3n) is 3.51. The molecule has 0 fully saturated rings. The first-order valence-electron chi connectivity index (χ1n) is 7.72. The van der Waals surface area contributed by atoms with Crippen molar-refractivity contribution in [3.8, 4) is 11.3 Å². The lowest BCUT2D eigenvalue weighted by Gasteiger charge is -2.15. The highest BCUT2D eigenvalue weighted by atomic mass is 32.1. The van der Waals surface area contributed by atoms with E-state index in [4.69, 9.17) is 5.73 Å². The SMILES string of the molecule is Cc1nc(-c2cccc(NC(=O)CNC(=O)[C@@H](N)C(C)C)c2)cs1. The van der Waals surface area contributed by atoms with E-state index >= 15 is 0 Å². The zero-order chi connectivity index (χ0) is 17.7. The minimum atomic E-state index is -0.617. The number of hydrogen-bond donors (Lipinski definition) is 3. The number of benzene rings is 1. The molecule has 0 aliphatic heterocycles. The Hall–Kier alpha value is -2.25. The molecule has 0 bridgehead atoms. The lowest BCUT2D eigenvalue weighted by Crippen LogP contribution is -2.46. The topological polar surface area (TPSA) is 97.1 Å². The van der Waals surface area contributed by atoms with E-state index in [1.807, 2.05) is 44.4 Å². The third kappa shape index (κ3) is 4.87. The van der Waals surface area contributed by atoms with Crippen LogP contribution in [0.3, 0.4) is 0 Å². The van der Waals surface area contributed by atoms with Gasteiger partial charge in [0, 0.05) is 16.6 Å². The lowest BCUT2D eigenvalue weighted by molar-refractivity contribution is -0.125. The number of carbonyl (C=O) groups is 2. The summed E-state index contributed by atoms with van der Waals surface area (Å²) in [6.45, 7) is 5.55. The maximum atomic E-state index is 12.0. The van der Waals surface area contributed by atoms with Crippen LogP contribution in [0.5, 0.6) is 0 Å². The molecule has 1 aromatic carbocycles. The largest absolute Gasteiger partial charge is 0.346 e. The standard InChI is InChI=1S/C17H22N4O2S/c1-10(2)16(18)17(23)19-8-15(22)21-13-6-4-5-12(7-13)14-9-24-11(3)20-14/h4-7,9-10,16H,8,18H2,1-3H3,(H,19,23)(H,21,22)/t16-/m0/s1. The molecule has 1 aromatic heterocycles. The van der Waals surface area contributed by atoms with Crippen molar-refractivity contribution >= 4 is 28.8 Å². The monoisotopic (exact) mass is 346 g/mol. The molecule has 7 heteroatoms. The molecule has 0 unspecified atom stereocenters. The number of aryl methyl sites for hydroxylation is 1. The fourth-order valence-corrected chi connectivity index (χ4v) is 2.67. The number of thiazole rings is 1. The van der Waals surface area contributed by atoms with Crippen LogP contribution in [-0.2, 0) is 9.59 Å². The Balaban J connectivity index is 1.94. The summed E-state index contributed by atoms with van der Waals surface area (Å²) >= 11 is 1.58. The summed E-state index contributed by atoms with van der Waals surface area (Å²) < 4.78 is 0. The summed E-state index contributed by atoms with van der Waals surface area (Å²) in [6, 6.07) is 6.82. The van der Waals surface area contributed by atoms with Gasteiger partial charge >= 0.3 is 0 Å². The molecule has 0 spiro atoms. The number of hydrogen-bond acceptors (Lipinski definition) is 5. The number of nitrogens with zero attached hydrogens (tertiary/aromatic N) is 1. The smallest absolute Gasteiger partial charge is 0.243 e. The van der Waals surface area contributed by atoms with Crippen LogP contribution in [0.15, 0.2) is 29.6 Å². The predicted octanol–water partition coefficient (Wildman–Crippen LogP) is 2.16. The fraction of sp³-hybridized carbons (Fsp3) is 0.353. The number of nitrogens with two attached hydrogens (primary N) is 1. The van der Waals surface area contributed by atoms with Gasteiger partial charge < -0.3 is 16.4 Å². The van der Waals surface area contributed by atoms with Crippen LogP contribution < -0.4 is 16.4 Å². The van der Waals surface area contributed by atoms with Gasteiger partial charge in [-0.2, -0.15) is 0 Å². The lowest BCUT2D eigenvalue weighted by atomic mass is 10.1. The third-order valence-corrected chi connectivity index (χ3v) is 4.28. The molecule has 0 aliphatic rings. The second kappa shape index (κ2) is 8.03. The van der Waals surface area contributed by atoms with E-state index in [-0.39, 0.29) is 24.3 Å². The minimum Gasteiger partial charge on any atom is -0.346 e. The van der Waals surface area contributed by atoms with Crippen molar-refractivity contribution < 1.29 is 9.59 Å². The van der Waals surface area contributed by atoms with Crippen molar-refractivity contribution in [1.29, 1.82) is 0 Å². The van der Waals surface area contributed by atoms with Crippen molar-refractivity contribution in [3.63, 3.8) is 0 Å². The number of rotatable bonds is 6. The summed E-state index contributed by atoms with van der Waals surface area (Å²) in [5.74, 6) is -0.607. The number of anilines is 1. The zero-order valence-electron chi connectivity index (χ0n) is 14.0. The van der Waals surface area contributed by atoms with Gasteiger partial charge in [0.1, 0.15) is 0 Å². The van der Waals surface area contributed by atoms with Gasteiger partial charge in [0.15, 0.2) is 0 Å². The first-order valence-corrected chi connectivity index (χ1v) is 8.60. The second-order valence-electron chi connectivity index (χ2n) is 5.87.